The smallest absolute Gasteiger partial charge is 0.263 e. The van der Waals surface area contributed by atoms with Crippen molar-refractivity contribution in [3.63, 3.8) is 0 Å². The fourth-order valence-corrected chi connectivity index (χ4v) is 3.88. The Labute approximate surface area is 109 Å². The van der Waals surface area contributed by atoms with Crippen LogP contribution in [0.2, 0.25) is 0 Å². The quantitative estimate of drug-likeness (QED) is 0.765. The molecule has 1 heterocycles. The van der Waals surface area contributed by atoms with Crippen LogP contribution >= 0.6 is 27.3 Å². The van der Waals surface area contributed by atoms with Crippen LogP contribution < -0.4 is 0 Å². The average Bonchev–Trinajstić information content (AvgIpc) is 2.81. The highest BCUT2D eigenvalue weighted by molar-refractivity contribution is 9.09. The molecule has 0 aliphatic heterocycles. The van der Waals surface area contributed by atoms with Crippen molar-refractivity contribution < 1.29 is 4.79 Å². The van der Waals surface area contributed by atoms with Crippen LogP contribution in [0.15, 0.2) is 17.5 Å². The SMILES string of the molecule is CN(C(=O)c1cccs1)C1CCCCC1Br. The summed E-state index contributed by atoms with van der Waals surface area (Å²) in [6, 6.07) is 4.18. The highest BCUT2D eigenvalue weighted by Gasteiger charge is 2.29. The van der Waals surface area contributed by atoms with Gasteiger partial charge in [0.25, 0.3) is 5.91 Å². The van der Waals surface area contributed by atoms with Crippen molar-refractivity contribution in [3.05, 3.63) is 22.4 Å². The molecule has 1 aliphatic rings. The largest absolute Gasteiger partial charge is 0.337 e. The molecule has 0 N–H and O–H groups in total. The number of nitrogens with zero attached hydrogens (tertiary/aromatic N) is 1. The van der Waals surface area contributed by atoms with E-state index in [2.05, 4.69) is 15.9 Å². The van der Waals surface area contributed by atoms with E-state index in [1.165, 1.54) is 30.6 Å². The van der Waals surface area contributed by atoms with Crippen LogP contribution in [0.4, 0.5) is 0 Å². The highest BCUT2D eigenvalue weighted by atomic mass is 79.9. The Bertz CT molecular complexity index is 352. The summed E-state index contributed by atoms with van der Waals surface area (Å²) in [6.07, 6.45) is 4.79. The second-order valence-corrected chi connectivity index (χ2v) is 6.38. The van der Waals surface area contributed by atoms with Crippen molar-refractivity contribution in [2.75, 3.05) is 7.05 Å². The Morgan fingerprint density at radius 1 is 1.50 bits per heavy atom. The molecule has 2 atom stereocenters. The molecule has 0 aromatic carbocycles. The van der Waals surface area contributed by atoms with Crippen molar-refractivity contribution in [2.24, 2.45) is 0 Å². The minimum atomic E-state index is 0.159. The van der Waals surface area contributed by atoms with Crippen molar-refractivity contribution in [2.45, 2.75) is 36.6 Å². The zero-order valence-electron chi connectivity index (χ0n) is 9.36. The molecule has 4 heteroatoms. The molecule has 88 valence electrons. The summed E-state index contributed by atoms with van der Waals surface area (Å²) in [6.45, 7) is 0. The fourth-order valence-electron chi connectivity index (χ4n) is 2.23. The molecule has 1 aliphatic carbocycles. The zero-order chi connectivity index (χ0) is 11.5. The van der Waals surface area contributed by atoms with E-state index in [0.717, 1.165) is 11.3 Å². The number of thiophene rings is 1. The maximum absolute atomic E-state index is 12.2. The van der Waals surface area contributed by atoms with Crippen LogP contribution in [0.5, 0.6) is 0 Å². The minimum Gasteiger partial charge on any atom is -0.337 e. The molecule has 2 nitrogen and oxygen atoms in total. The predicted molar refractivity (Wildman–Crippen MR) is 71.4 cm³/mol. The normalized spacial score (nSPS) is 25.4. The summed E-state index contributed by atoms with van der Waals surface area (Å²) in [5.41, 5.74) is 0. The number of hydrogen-bond acceptors (Lipinski definition) is 2. The summed E-state index contributed by atoms with van der Waals surface area (Å²) < 4.78 is 0. The molecule has 1 saturated carbocycles. The Hall–Kier alpha value is -0.350. The lowest BCUT2D eigenvalue weighted by Crippen LogP contribution is -2.43. The molecular formula is C12H16BrNOS. The molecule has 1 amide bonds. The summed E-state index contributed by atoms with van der Waals surface area (Å²) in [7, 11) is 1.92. The Morgan fingerprint density at radius 3 is 2.88 bits per heavy atom. The Kier molecular flexibility index (Phi) is 4.03. The van der Waals surface area contributed by atoms with E-state index >= 15 is 0 Å². The minimum absolute atomic E-state index is 0.159. The van der Waals surface area contributed by atoms with E-state index in [4.69, 9.17) is 0 Å². The molecule has 1 fully saturated rings. The van der Waals surface area contributed by atoms with Crippen molar-refractivity contribution in [3.8, 4) is 0 Å². The predicted octanol–water partition coefficient (Wildman–Crippen LogP) is 3.53. The third-order valence-electron chi connectivity index (χ3n) is 3.20. The summed E-state index contributed by atoms with van der Waals surface area (Å²) in [5.74, 6) is 0.159. The first-order chi connectivity index (χ1) is 7.70. The van der Waals surface area contributed by atoms with Crippen molar-refractivity contribution in [1.82, 2.24) is 4.90 Å². The van der Waals surface area contributed by atoms with Crippen LogP contribution in [-0.2, 0) is 0 Å². The molecule has 0 radical (unpaired) electrons. The number of rotatable bonds is 2. The molecule has 0 bridgehead atoms. The van der Waals surface area contributed by atoms with Gasteiger partial charge in [0.2, 0.25) is 0 Å². The number of carbonyl (C=O) groups excluding carboxylic acids is 1. The van der Waals surface area contributed by atoms with Crippen molar-refractivity contribution >= 4 is 33.2 Å². The standard InChI is InChI=1S/C12H16BrNOS/c1-14(10-6-3-2-5-9(10)13)12(15)11-7-4-8-16-11/h4,7-10H,2-3,5-6H2,1H3. The summed E-state index contributed by atoms with van der Waals surface area (Å²) in [5, 5.41) is 1.95. The third kappa shape index (κ3) is 2.48. The second-order valence-electron chi connectivity index (χ2n) is 4.26. The maximum atomic E-state index is 12.2. The number of amides is 1. The number of carbonyl (C=O) groups is 1. The highest BCUT2D eigenvalue weighted by Crippen LogP contribution is 2.29. The Balaban J connectivity index is 2.06. The first kappa shape index (κ1) is 12.1. The fraction of sp³-hybridized carbons (Fsp3) is 0.583. The van der Waals surface area contributed by atoms with Gasteiger partial charge in [-0.3, -0.25) is 4.79 Å². The van der Waals surface area contributed by atoms with Gasteiger partial charge in [0.15, 0.2) is 0 Å². The van der Waals surface area contributed by atoms with E-state index < -0.39 is 0 Å². The topological polar surface area (TPSA) is 20.3 Å². The Morgan fingerprint density at radius 2 is 2.25 bits per heavy atom. The maximum Gasteiger partial charge on any atom is 0.263 e. The lowest BCUT2D eigenvalue weighted by Gasteiger charge is -2.34. The first-order valence-corrected chi connectivity index (χ1v) is 7.44. The molecule has 2 unspecified atom stereocenters. The molecule has 2 rings (SSSR count). The van der Waals surface area contributed by atoms with Crippen LogP contribution in [0.1, 0.15) is 35.4 Å². The van der Waals surface area contributed by atoms with E-state index in [1.54, 1.807) is 0 Å². The number of hydrogen-bond donors (Lipinski definition) is 0. The van der Waals surface area contributed by atoms with Crippen LogP contribution in [-0.4, -0.2) is 28.7 Å². The molecule has 0 spiro atoms. The molecule has 0 saturated heterocycles. The van der Waals surface area contributed by atoms with Crippen LogP contribution in [0, 0.1) is 0 Å². The van der Waals surface area contributed by atoms with E-state index in [1.807, 2.05) is 29.5 Å². The molecule has 1 aromatic rings. The van der Waals surface area contributed by atoms with Gasteiger partial charge in [-0.25, -0.2) is 0 Å². The number of alkyl halides is 1. The van der Waals surface area contributed by atoms with Crippen LogP contribution in [0.3, 0.4) is 0 Å². The summed E-state index contributed by atoms with van der Waals surface area (Å²) >= 11 is 5.21. The van der Waals surface area contributed by atoms with Gasteiger partial charge >= 0.3 is 0 Å². The zero-order valence-corrected chi connectivity index (χ0v) is 11.8. The first-order valence-electron chi connectivity index (χ1n) is 5.65. The lowest BCUT2D eigenvalue weighted by atomic mass is 9.94. The van der Waals surface area contributed by atoms with E-state index in [9.17, 15) is 4.79 Å². The van der Waals surface area contributed by atoms with Gasteiger partial charge in [-0.15, -0.1) is 11.3 Å². The third-order valence-corrected chi connectivity index (χ3v) is 5.12. The van der Waals surface area contributed by atoms with Gasteiger partial charge in [0, 0.05) is 17.9 Å². The van der Waals surface area contributed by atoms with Crippen molar-refractivity contribution in [1.29, 1.82) is 0 Å². The van der Waals surface area contributed by atoms with Gasteiger partial charge in [-0.2, -0.15) is 0 Å². The van der Waals surface area contributed by atoms with Gasteiger partial charge in [0.1, 0.15) is 0 Å². The number of halogens is 1. The van der Waals surface area contributed by atoms with Gasteiger partial charge in [-0.05, 0) is 24.3 Å². The lowest BCUT2D eigenvalue weighted by molar-refractivity contribution is 0.0709. The van der Waals surface area contributed by atoms with Gasteiger partial charge < -0.3 is 4.90 Å². The molecular weight excluding hydrogens is 286 g/mol. The summed E-state index contributed by atoms with van der Waals surface area (Å²) in [4.78, 5) is 15.4. The van der Waals surface area contributed by atoms with Gasteiger partial charge in [0.05, 0.1) is 4.88 Å². The second kappa shape index (κ2) is 5.32. The van der Waals surface area contributed by atoms with Crippen LogP contribution in [0.25, 0.3) is 0 Å². The van der Waals surface area contributed by atoms with E-state index in [-0.39, 0.29) is 5.91 Å². The van der Waals surface area contributed by atoms with E-state index in [0.29, 0.717) is 10.9 Å². The monoisotopic (exact) mass is 301 g/mol. The molecule has 16 heavy (non-hydrogen) atoms. The van der Waals surface area contributed by atoms with Gasteiger partial charge in [-0.1, -0.05) is 34.8 Å². The average molecular weight is 302 g/mol. The molecule has 1 aromatic heterocycles.